The van der Waals surface area contributed by atoms with E-state index in [2.05, 4.69) is 11.3 Å². The number of methoxy groups -OCH3 is 1. The number of halogens is 3. The lowest BCUT2D eigenvalue weighted by atomic mass is 10.0. The average Bonchev–Trinajstić information content (AvgIpc) is 2.46. The van der Waals surface area contributed by atoms with Gasteiger partial charge in [-0.1, -0.05) is 36.9 Å². The molecule has 0 aromatic heterocycles. The highest BCUT2D eigenvalue weighted by Crippen LogP contribution is 2.39. The molecule has 0 radical (unpaired) electrons. The van der Waals surface area contributed by atoms with Gasteiger partial charge in [-0.2, -0.15) is 0 Å². The Hall–Kier alpha value is -2.43. The van der Waals surface area contributed by atoms with Crippen LogP contribution in [0.2, 0.25) is 0 Å². The highest BCUT2D eigenvalue weighted by molar-refractivity contribution is 5.78. The molecular formula is C16H13F3O2. The first-order valence-corrected chi connectivity index (χ1v) is 6.10. The van der Waals surface area contributed by atoms with Crippen LogP contribution < -0.4 is 9.47 Å². The smallest absolute Gasteiger partial charge is 0.496 e. The zero-order chi connectivity index (χ0) is 15.5. The lowest BCUT2D eigenvalue weighted by Gasteiger charge is -2.16. The summed E-state index contributed by atoms with van der Waals surface area (Å²) in [5, 5.41) is 0. The molecule has 21 heavy (non-hydrogen) atoms. The van der Waals surface area contributed by atoms with E-state index in [9.17, 15) is 13.2 Å². The van der Waals surface area contributed by atoms with Gasteiger partial charge in [-0.25, -0.2) is 0 Å². The summed E-state index contributed by atoms with van der Waals surface area (Å²) in [6.07, 6.45) is -3.21. The molecule has 2 aromatic rings. The summed E-state index contributed by atoms with van der Waals surface area (Å²) in [6.45, 7) is 3.62. The topological polar surface area (TPSA) is 18.5 Å². The summed E-state index contributed by atoms with van der Waals surface area (Å²) in [5.41, 5.74) is 1.50. The fourth-order valence-electron chi connectivity index (χ4n) is 1.97. The van der Waals surface area contributed by atoms with Crippen molar-refractivity contribution in [3.05, 3.63) is 54.6 Å². The van der Waals surface area contributed by atoms with Gasteiger partial charge in [0.2, 0.25) is 0 Å². The maximum atomic E-state index is 12.5. The molecule has 0 heterocycles. The van der Waals surface area contributed by atoms with Crippen LogP contribution in [0.3, 0.4) is 0 Å². The highest BCUT2D eigenvalue weighted by atomic mass is 19.4. The van der Waals surface area contributed by atoms with Crippen molar-refractivity contribution in [2.24, 2.45) is 0 Å². The molecule has 0 saturated heterocycles. The summed E-state index contributed by atoms with van der Waals surface area (Å²) in [5.74, 6) is 0.184. The number of alkyl halides is 3. The van der Waals surface area contributed by atoms with E-state index in [-0.39, 0.29) is 5.75 Å². The molecule has 110 valence electrons. The fraction of sp³-hybridized carbons (Fsp3) is 0.125. The Morgan fingerprint density at radius 1 is 1.00 bits per heavy atom. The predicted molar refractivity (Wildman–Crippen MR) is 75.2 cm³/mol. The third kappa shape index (κ3) is 3.56. The van der Waals surface area contributed by atoms with Gasteiger partial charge in [-0.05, 0) is 23.8 Å². The Kier molecular flexibility index (Phi) is 4.21. The summed E-state index contributed by atoms with van der Waals surface area (Å²) in [6, 6.07) is 11.2. The molecule has 0 bridgehead atoms. The van der Waals surface area contributed by atoms with Crippen molar-refractivity contribution in [2.45, 2.75) is 6.36 Å². The van der Waals surface area contributed by atoms with E-state index in [1.165, 1.54) is 19.2 Å². The molecule has 0 saturated carbocycles. The number of hydrogen-bond acceptors (Lipinski definition) is 2. The second-order valence-electron chi connectivity index (χ2n) is 4.21. The molecule has 0 unspecified atom stereocenters. The summed E-state index contributed by atoms with van der Waals surface area (Å²) in [7, 11) is 1.46. The Bertz CT molecular complexity index is 648. The zero-order valence-electron chi connectivity index (χ0n) is 11.3. The van der Waals surface area contributed by atoms with Gasteiger partial charge in [0.15, 0.2) is 0 Å². The van der Waals surface area contributed by atoms with Crippen LogP contribution in [0.15, 0.2) is 49.0 Å². The molecule has 2 aromatic carbocycles. The third-order valence-corrected chi connectivity index (χ3v) is 2.86. The van der Waals surface area contributed by atoms with Crippen LogP contribution in [0.4, 0.5) is 13.2 Å². The molecule has 0 amide bonds. The molecule has 0 aliphatic heterocycles. The zero-order valence-corrected chi connectivity index (χ0v) is 11.3. The van der Waals surface area contributed by atoms with Gasteiger partial charge in [-0.3, -0.25) is 0 Å². The van der Waals surface area contributed by atoms with Crippen LogP contribution >= 0.6 is 0 Å². The predicted octanol–water partition coefficient (Wildman–Crippen LogP) is 4.90. The standard InChI is InChI=1S/C16H13F3O2/c1-3-11-8-9-15(21-16(17,18)19)13(10-11)12-6-4-5-7-14(12)20-2/h3-10H,1H2,2H3. The van der Waals surface area contributed by atoms with Gasteiger partial charge in [0.1, 0.15) is 11.5 Å². The molecule has 0 spiro atoms. The van der Waals surface area contributed by atoms with E-state index in [0.717, 1.165) is 0 Å². The quantitative estimate of drug-likeness (QED) is 0.798. The number of ether oxygens (including phenoxy) is 2. The van der Waals surface area contributed by atoms with Crippen molar-refractivity contribution in [3.63, 3.8) is 0 Å². The van der Waals surface area contributed by atoms with Crippen LogP contribution in [-0.4, -0.2) is 13.5 Å². The molecule has 0 aliphatic rings. The number of hydrogen-bond donors (Lipinski definition) is 0. The van der Waals surface area contributed by atoms with Crippen molar-refractivity contribution >= 4 is 6.08 Å². The van der Waals surface area contributed by atoms with Gasteiger partial charge < -0.3 is 9.47 Å². The Morgan fingerprint density at radius 3 is 2.33 bits per heavy atom. The minimum Gasteiger partial charge on any atom is -0.496 e. The van der Waals surface area contributed by atoms with E-state index in [1.54, 1.807) is 36.4 Å². The second-order valence-corrected chi connectivity index (χ2v) is 4.21. The molecule has 0 aliphatic carbocycles. The highest BCUT2D eigenvalue weighted by Gasteiger charge is 2.32. The van der Waals surface area contributed by atoms with E-state index < -0.39 is 6.36 Å². The molecule has 0 fully saturated rings. The Labute approximate surface area is 120 Å². The van der Waals surface area contributed by atoms with Crippen LogP contribution in [0.1, 0.15) is 5.56 Å². The normalized spacial score (nSPS) is 11.0. The molecule has 2 rings (SSSR count). The summed E-state index contributed by atoms with van der Waals surface area (Å²) >= 11 is 0. The minimum absolute atomic E-state index is 0.280. The van der Waals surface area contributed by atoms with E-state index in [1.807, 2.05) is 0 Å². The first kappa shape index (κ1) is 15.0. The van der Waals surface area contributed by atoms with Gasteiger partial charge in [0.25, 0.3) is 0 Å². The fourth-order valence-corrected chi connectivity index (χ4v) is 1.97. The van der Waals surface area contributed by atoms with Crippen molar-refractivity contribution in [1.82, 2.24) is 0 Å². The molecule has 0 N–H and O–H groups in total. The summed E-state index contributed by atoms with van der Waals surface area (Å²) in [4.78, 5) is 0. The van der Waals surface area contributed by atoms with Gasteiger partial charge >= 0.3 is 6.36 Å². The largest absolute Gasteiger partial charge is 0.573 e. The van der Waals surface area contributed by atoms with Gasteiger partial charge in [0.05, 0.1) is 7.11 Å². The number of benzene rings is 2. The van der Waals surface area contributed by atoms with Gasteiger partial charge in [-0.15, -0.1) is 13.2 Å². The lowest BCUT2D eigenvalue weighted by molar-refractivity contribution is -0.274. The van der Waals surface area contributed by atoms with Crippen LogP contribution in [0, 0.1) is 0 Å². The first-order valence-electron chi connectivity index (χ1n) is 6.10. The maximum Gasteiger partial charge on any atom is 0.573 e. The van der Waals surface area contributed by atoms with Gasteiger partial charge in [0, 0.05) is 11.1 Å². The van der Waals surface area contributed by atoms with E-state index >= 15 is 0 Å². The molecule has 5 heteroatoms. The summed E-state index contributed by atoms with van der Waals surface area (Å²) < 4.78 is 46.9. The van der Waals surface area contributed by atoms with Crippen molar-refractivity contribution < 1.29 is 22.6 Å². The molecular weight excluding hydrogens is 281 g/mol. The van der Waals surface area contributed by atoms with Crippen molar-refractivity contribution in [3.8, 4) is 22.6 Å². The Balaban J connectivity index is 2.61. The minimum atomic E-state index is -4.76. The lowest BCUT2D eigenvalue weighted by Crippen LogP contribution is -2.17. The van der Waals surface area contributed by atoms with Crippen molar-refractivity contribution in [2.75, 3.05) is 7.11 Å². The Morgan fingerprint density at radius 2 is 1.71 bits per heavy atom. The third-order valence-electron chi connectivity index (χ3n) is 2.86. The van der Waals surface area contributed by atoms with Crippen molar-refractivity contribution in [1.29, 1.82) is 0 Å². The molecule has 0 atom stereocenters. The van der Waals surface area contributed by atoms with Crippen LogP contribution in [0.5, 0.6) is 11.5 Å². The second kappa shape index (κ2) is 5.91. The van der Waals surface area contributed by atoms with Crippen LogP contribution in [0.25, 0.3) is 17.2 Å². The van der Waals surface area contributed by atoms with E-state index in [4.69, 9.17) is 4.74 Å². The number of rotatable bonds is 4. The first-order chi connectivity index (χ1) is 9.94. The molecule has 2 nitrogen and oxygen atoms in total. The maximum absolute atomic E-state index is 12.5. The monoisotopic (exact) mass is 294 g/mol. The average molecular weight is 294 g/mol. The SMILES string of the molecule is C=Cc1ccc(OC(F)(F)F)c(-c2ccccc2OC)c1. The van der Waals surface area contributed by atoms with Crippen LogP contribution in [-0.2, 0) is 0 Å². The van der Waals surface area contributed by atoms with E-state index in [0.29, 0.717) is 22.4 Å². The number of para-hydroxylation sites is 1.